The van der Waals surface area contributed by atoms with Crippen molar-refractivity contribution in [1.29, 1.82) is 0 Å². The predicted octanol–water partition coefficient (Wildman–Crippen LogP) is 1.22. The second-order valence-electron chi connectivity index (χ2n) is 7.72. The first-order chi connectivity index (χ1) is 15.7. The minimum Gasteiger partial charge on any atom is -0.379 e. The summed E-state index contributed by atoms with van der Waals surface area (Å²) in [5.41, 5.74) is 1.38. The summed E-state index contributed by atoms with van der Waals surface area (Å²) in [6.07, 6.45) is 2.53. The SMILES string of the molecule is CS(=O)(=O)N(CC(=O)NCCCc1ccccc1)c1ccc(S(=O)(=O)N2CCOCC2)cc1. The lowest BCUT2D eigenvalue weighted by atomic mass is 10.1. The molecular weight excluding hydrogens is 466 g/mol. The van der Waals surface area contributed by atoms with Crippen LogP contribution in [0.4, 0.5) is 5.69 Å². The summed E-state index contributed by atoms with van der Waals surface area (Å²) in [6.45, 7) is 1.23. The minimum absolute atomic E-state index is 0.0620. The number of anilines is 1. The molecule has 0 bridgehead atoms. The van der Waals surface area contributed by atoms with Gasteiger partial charge >= 0.3 is 0 Å². The Morgan fingerprint density at radius 1 is 1.00 bits per heavy atom. The van der Waals surface area contributed by atoms with E-state index in [4.69, 9.17) is 4.74 Å². The molecule has 0 saturated carbocycles. The van der Waals surface area contributed by atoms with Gasteiger partial charge in [0.25, 0.3) is 0 Å². The molecule has 2 aromatic carbocycles. The molecule has 1 saturated heterocycles. The maximum absolute atomic E-state index is 12.8. The molecule has 3 rings (SSSR count). The third kappa shape index (κ3) is 7.00. The molecule has 1 fully saturated rings. The van der Waals surface area contributed by atoms with Crippen LogP contribution in [-0.4, -0.2) is 72.7 Å². The number of sulfonamides is 2. The molecule has 180 valence electrons. The number of morpholine rings is 1. The smallest absolute Gasteiger partial charge is 0.243 e. The van der Waals surface area contributed by atoms with Gasteiger partial charge in [0.05, 0.1) is 30.1 Å². The van der Waals surface area contributed by atoms with Crippen LogP contribution in [0.25, 0.3) is 0 Å². The number of ether oxygens (including phenoxy) is 1. The van der Waals surface area contributed by atoms with E-state index in [0.29, 0.717) is 19.8 Å². The van der Waals surface area contributed by atoms with Gasteiger partial charge in [-0.3, -0.25) is 9.10 Å². The van der Waals surface area contributed by atoms with E-state index in [1.165, 1.54) is 28.6 Å². The van der Waals surface area contributed by atoms with Crippen molar-refractivity contribution in [2.75, 3.05) is 50.0 Å². The standard InChI is InChI=1S/C22H29N3O6S2/c1-32(27,28)25(18-22(26)23-13-5-8-19-6-3-2-4-7-19)20-9-11-21(12-10-20)33(29,30)24-14-16-31-17-15-24/h2-4,6-7,9-12H,5,8,13-18H2,1H3,(H,23,26). The van der Waals surface area contributed by atoms with E-state index >= 15 is 0 Å². The van der Waals surface area contributed by atoms with Crippen LogP contribution in [0.15, 0.2) is 59.5 Å². The fourth-order valence-electron chi connectivity index (χ4n) is 3.47. The van der Waals surface area contributed by atoms with E-state index in [1.807, 2.05) is 30.3 Å². The highest BCUT2D eigenvalue weighted by Gasteiger charge is 2.27. The number of hydrogen-bond acceptors (Lipinski definition) is 6. The van der Waals surface area contributed by atoms with E-state index in [0.717, 1.165) is 29.0 Å². The van der Waals surface area contributed by atoms with E-state index in [-0.39, 0.29) is 30.2 Å². The molecule has 1 N–H and O–H groups in total. The zero-order valence-electron chi connectivity index (χ0n) is 18.5. The molecule has 0 radical (unpaired) electrons. The first-order valence-corrected chi connectivity index (χ1v) is 13.9. The molecule has 0 unspecified atom stereocenters. The maximum atomic E-state index is 12.8. The van der Waals surface area contributed by atoms with Crippen molar-refractivity contribution < 1.29 is 26.4 Å². The van der Waals surface area contributed by atoms with Crippen molar-refractivity contribution in [2.45, 2.75) is 17.7 Å². The third-order valence-electron chi connectivity index (χ3n) is 5.23. The summed E-state index contributed by atoms with van der Waals surface area (Å²) in [5, 5.41) is 2.74. The van der Waals surface area contributed by atoms with Crippen LogP contribution in [0.5, 0.6) is 0 Å². The number of carbonyl (C=O) groups excluding carboxylic acids is 1. The van der Waals surface area contributed by atoms with Gasteiger partial charge in [-0.05, 0) is 42.7 Å². The van der Waals surface area contributed by atoms with Crippen molar-refractivity contribution in [3.05, 3.63) is 60.2 Å². The molecule has 9 nitrogen and oxygen atoms in total. The largest absolute Gasteiger partial charge is 0.379 e. The predicted molar refractivity (Wildman–Crippen MR) is 126 cm³/mol. The number of nitrogens with zero attached hydrogens (tertiary/aromatic N) is 2. The number of hydrogen-bond donors (Lipinski definition) is 1. The molecule has 2 aromatic rings. The van der Waals surface area contributed by atoms with E-state index in [1.54, 1.807) is 0 Å². The van der Waals surface area contributed by atoms with E-state index in [9.17, 15) is 21.6 Å². The van der Waals surface area contributed by atoms with E-state index < -0.39 is 26.0 Å². The Morgan fingerprint density at radius 2 is 1.64 bits per heavy atom. The van der Waals surface area contributed by atoms with Gasteiger partial charge in [0.2, 0.25) is 26.0 Å². The summed E-state index contributed by atoms with van der Waals surface area (Å²) >= 11 is 0. The zero-order valence-corrected chi connectivity index (χ0v) is 20.1. The van der Waals surface area contributed by atoms with Gasteiger partial charge in [-0.2, -0.15) is 4.31 Å². The highest BCUT2D eigenvalue weighted by Crippen LogP contribution is 2.23. The molecule has 0 aliphatic carbocycles. The Balaban J connectivity index is 1.62. The van der Waals surface area contributed by atoms with Gasteiger partial charge in [-0.1, -0.05) is 30.3 Å². The number of carbonyl (C=O) groups is 1. The first kappa shape index (κ1) is 25.2. The number of aryl methyl sites for hydroxylation is 1. The lowest BCUT2D eigenvalue weighted by molar-refractivity contribution is -0.119. The molecule has 33 heavy (non-hydrogen) atoms. The molecule has 1 heterocycles. The number of benzene rings is 2. The first-order valence-electron chi connectivity index (χ1n) is 10.6. The Kier molecular flexibility index (Phi) is 8.46. The van der Waals surface area contributed by atoms with Crippen LogP contribution in [0, 0.1) is 0 Å². The molecule has 1 amide bonds. The molecule has 1 aliphatic heterocycles. The normalized spacial score (nSPS) is 15.2. The Bertz CT molecular complexity index is 1130. The molecule has 11 heteroatoms. The third-order valence-corrected chi connectivity index (χ3v) is 8.28. The second-order valence-corrected chi connectivity index (χ2v) is 11.6. The van der Waals surface area contributed by atoms with Crippen molar-refractivity contribution in [3.8, 4) is 0 Å². The summed E-state index contributed by atoms with van der Waals surface area (Å²) in [7, 11) is -7.45. The van der Waals surface area contributed by atoms with Gasteiger partial charge in [0.15, 0.2) is 0 Å². The molecule has 0 spiro atoms. The Labute approximate surface area is 195 Å². The Hall–Kier alpha value is -2.47. The Morgan fingerprint density at radius 3 is 2.24 bits per heavy atom. The topological polar surface area (TPSA) is 113 Å². The molecule has 0 atom stereocenters. The highest BCUT2D eigenvalue weighted by molar-refractivity contribution is 7.92. The summed E-state index contributed by atoms with van der Waals surface area (Å²) in [4.78, 5) is 12.4. The molecule has 0 aromatic heterocycles. The summed E-state index contributed by atoms with van der Waals surface area (Å²) in [6, 6.07) is 15.4. The van der Waals surface area contributed by atoms with Crippen molar-refractivity contribution in [2.24, 2.45) is 0 Å². The van der Waals surface area contributed by atoms with E-state index in [2.05, 4.69) is 5.32 Å². The zero-order chi connectivity index (χ0) is 23.9. The lowest BCUT2D eigenvalue weighted by Gasteiger charge is -2.26. The van der Waals surface area contributed by atoms with Crippen LogP contribution in [-0.2, 0) is 36.0 Å². The van der Waals surface area contributed by atoms with Gasteiger partial charge in [-0.15, -0.1) is 0 Å². The number of amides is 1. The average molecular weight is 496 g/mol. The van der Waals surface area contributed by atoms with Crippen LogP contribution in [0.1, 0.15) is 12.0 Å². The van der Waals surface area contributed by atoms with Gasteiger partial charge in [0.1, 0.15) is 6.54 Å². The van der Waals surface area contributed by atoms with Crippen molar-refractivity contribution in [1.82, 2.24) is 9.62 Å². The molecular formula is C22H29N3O6S2. The quantitative estimate of drug-likeness (QED) is 0.496. The highest BCUT2D eigenvalue weighted by atomic mass is 32.2. The van der Waals surface area contributed by atoms with Gasteiger partial charge < -0.3 is 10.1 Å². The summed E-state index contributed by atoms with van der Waals surface area (Å²) in [5.74, 6) is -0.432. The van der Waals surface area contributed by atoms with Crippen LogP contribution >= 0.6 is 0 Å². The number of nitrogens with one attached hydrogen (secondary N) is 1. The van der Waals surface area contributed by atoms with Crippen molar-refractivity contribution in [3.63, 3.8) is 0 Å². The minimum atomic E-state index is -3.76. The van der Waals surface area contributed by atoms with Crippen LogP contribution < -0.4 is 9.62 Å². The van der Waals surface area contributed by atoms with Gasteiger partial charge in [0, 0.05) is 19.6 Å². The fraction of sp³-hybridized carbons (Fsp3) is 0.409. The second kappa shape index (κ2) is 11.1. The van der Waals surface area contributed by atoms with Crippen LogP contribution in [0.3, 0.4) is 0 Å². The van der Waals surface area contributed by atoms with Crippen molar-refractivity contribution >= 4 is 31.6 Å². The average Bonchev–Trinajstić information content (AvgIpc) is 2.81. The maximum Gasteiger partial charge on any atom is 0.243 e. The van der Waals surface area contributed by atoms with Crippen LogP contribution in [0.2, 0.25) is 0 Å². The fourth-order valence-corrected chi connectivity index (χ4v) is 5.74. The monoisotopic (exact) mass is 495 g/mol. The molecule has 1 aliphatic rings. The number of rotatable bonds is 10. The van der Waals surface area contributed by atoms with Gasteiger partial charge in [-0.25, -0.2) is 16.8 Å². The lowest BCUT2D eigenvalue weighted by Crippen LogP contribution is -2.41. The summed E-state index contributed by atoms with van der Waals surface area (Å²) < 4.78 is 57.7.